The summed E-state index contributed by atoms with van der Waals surface area (Å²) < 4.78 is 41.2. The molecule has 0 saturated carbocycles. The molecule has 0 spiro atoms. The van der Waals surface area contributed by atoms with E-state index in [0.29, 0.717) is 23.0 Å². The first-order valence-electron chi connectivity index (χ1n) is 12.4. The molecule has 2 heterocycles. The predicted molar refractivity (Wildman–Crippen MR) is 144 cm³/mol. The highest BCUT2D eigenvalue weighted by molar-refractivity contribution is 5.99. The van der Waals surface area contributed by atoms with Crippen LogP contribution in [0.25, 0.3) is 0 Å². The lowest BCUT2D eigenvalue weighted by atomic mass is 9.88. The quantitative estimate of drug-likeness (QED) is 0.313. The number of nitrogens with one attached hydrogen (secondary N) is 3. The third-order valence-electron chi connectivity index (χ3n) is 6.58. The van der Waals surface area contributed by atoms with Gasteiger partial charge >= 0.3 is 6.18 Å². The van der Waals surface area contributed by atoms with Crippen LogP contribution >= 0.6 is 0 Å². The number of aromatic nitrogens is 2. The summed E-state index contributed by atoms with van der Waals surface area (Å²) >= 11 is 0. The molecule has 0 bridgehead atoms. The fourth-order valence-corrected chi connectivity index (χ4v) is 4.48. The van der Waals surface area contributed by atoms with Crippen LogP contribution in [0.5, 0.6) is 0 Å². The zero-order valence-corrected chi connectivity index (χ0v) is 21.6. The molecule has 1 aromatic heterocycles. The van der Waals surface area contributed by atoms with Crippen LogP contribution in [0.1, 0.15) is 42.4 Å². The Labute approximate surface area is 224 Å². The average molecular weight is 539 g/mol. The number of hydrogen-bond acceptors (Lipinski definition) is 6. The third kappa shape index (κ3) is 6.92. The van der Waals surface area contributed by atoms with Gasteiger partial charge in [-0.25, -0.2) is 4.98 Å². The van der Waals surface area contributed by atoms with Crippen LogP contribution in [0, 0.1) is 6.92 Å². The molecule has 1 aliphatic heterocycles. The van der Waals surface area contributed by atoms with E-state index in [2.05, 4.69) is 32.5 Å². The van der Waals surface area contributed by atoms with Crippen molar-refractivity contribution in [2.75, 3.05) is 29.0 Å². The van der Waals surface area contributed by atoms with Gasteiger partial charge in [0, 0.05) is 43.3 Å². The second-order valence-electron chi connectivity index (χ2n) is 9.33. The first-order valence-corrected chi connectivity index (χ1v) is 12.4. The van der Waals surface area contributed by atoms with E-state index >= 15 is 0 Å². The van der Waals surface area contributed by atoms with E-state index in [1.165, 1.54) is 6.07 Å². The number of anilines is 5. The predicted octanol–water partition coefficient (Wildman–Crippen LogP) is 6.14. The number of carbonyl (C=O) groups excluding carboxylic acids is 2. The minimum Gasteiger partial charge on any atom is -0.343 e. The van der Waals surface area contributed by atoms with Gasteiger partial charge in [-0.15, -0.1) is 0 Å². The van der Waals surface area contributed by atoms with Crippen LogP contribution in [-0.4, -0.2) is 39.8 Å². The first kappa shape index (κ1) is 27.6. The number of alkyl halides is 3. The van der Waals surface area contributed by atoms with Crippen molar-refractivity contribution in [3.8, 4) is 0 Å². The lowest BCUT2D eigenvalue weighted by Crippen LogP contribution is -2.36. The highest BCUT2D eigenvalue weighted by Crippen LogP contribution is 2.36. The molecule has 2 amide bonds. The molecule has 8 nitrogen and oxygen atoms in total. The Balaban J connectivity index is 1.54. The van der Waals surface area contributed by atoms with Gasteiger partial charge in [-0.3, -0.25) is 9.59 Å². The van der Waals surface area contributed by atoms with Crippen LogP contribution < -0.4 is 16.0 Å². The number of aryl methyl sites for hydroxylation is 1. The smallest absolute Gasteiger partial charge is 0.343 e. The maximum atomic E-state index is 13.7. The van der Waals surface area contributed by atoms with Crippen molar-refractivity contribution in [3.63, 3.8) is 0 Å². The van der Waals surface area contributed by atoms with Crippen LogP contribution in [0.2, 0.25) is 0 Å². The van der Waals surface area contributed by atoms with E-state index in [0.717, 1.165) is 49.3 Å². The van der Waals surface area contributed by atoms with Gasteiger partial charge in [0.15, 0.2) is 0 Å². The minimum absolute atomic E-state index is 0.00719. The van der Waals surface area contributed by atoms with E-state index in [9.17, 15) is 22.8 Å². The average Bonchev–Trinajstić information content (AvgIpc) is 2.89. The number of amides is 2. The molecular formula is C28H29F3N6O2. The highest BCUT2D eigenvalue weighted by Gasteiger charge is 2.35. The molecule has 11 heteroatoms. The first-order chi connectivity index (χ1) is 18.5. The minimum atomic E-state index is -4.69. The monoisotopic (exact) mass is 538 g/mol. The van der Waals surface area contributed by atoms with Crippen molar-refractivity contribution >= 4 is 40.6 Å². The fourth-order valence-electron chi connectivity index (χ4n) is 4.48. The standard InChI is InChI=1S/C28H29F3N6O2/c1-4-25(39)33-21-6-5-7-22(15-21)34-26-23(28(29,30)31)16-32-27(36-26)35-24-9-8-20(14-17(24)2)19-10-12-37(13-11-19)18(3)38/h4-9,14-16,19H,1,10-13H2,2-3H3,(H,33,39)(H2,32,34,35,36). The second kappa shape index (κ2) is 11.5. The Bertz CT molecular complexity index is 1380. The van der Waals surface area contributed by atoms with E-state index in [-0.39, 0.29) is 11.9 Å². The molecule has 0 aliphatic carbocycles. The molecule has 3 N–H and O–H groups in total. The number of hydrogen-bond donors (Lipinski definition) is 3. The molecule has 0 unspecified atom stereocenters. The number of carbonyl (C=O) groups is 2. The Morgan fingerprint density at radius 2 is 1.79 bits per heavy atom. The van der Waals surface area contributed by atoms with Crippen LogP contribution in [0.3, 0.4) is 0 Å². The number of likely N-dealkylation sites (tertiary alicyclic amines) is 1. The van der Waals surface area contributed by atoms with Gasteiger partial charge in [-0.1, -0.05) is 24.8 Å². The lowest BCUT2D eigenvalue weighted by molar-refractivity contribution is -0.137. The van der Waals surface area contributed by atoms with E-state index < -0.39 is 23.5 Å². The van der Waals surface area contributed by atoms with Gasteiger partial charge < -0.3 is 20.9 Å². The Hall–Kier alpha value is -4.41. The van der Waals surface area contributed by atoms with Gasteiger partial charge in [-0.05, 0) is 67.2 Å². The van der Waals surface area contributed by atoms with E-state index in [1.54, 1.807) is 25.1 Å². The molecule has 3 aromatic rings. The molecule has 0 radical (unpaired) electrons. The van der Waals surface area contributed by atoms with Crippen LogP contribution in [0.4, 0.5) is 42.0 Å². The van der Waals surface area contributed by atoms with Crippen molar-refractivity contribution in [1.29, 1.82) is 0 Å². The Morgan fingerprint density at radius 3 is 2.44 bits per heavy atom. The molecule has 4 rings (SSSR count). The number of benzene rings is 2. The summed E-state index contributed by atoms with van der Waals surface area (Å²) in [6, 6.07) is 12.1. The number of piperidine rings is 1. The number of nitrogens with zero attached hydrogens (tertiary/aromatic N) is 3. The molecule has 2 aromatic carbocycles. The van der Waals surface area contributed by atoms with Gasteiger partial charge in [0.05, 0.1) is 0 Å². The van der Waals surface area contributed by atoms with Crippen molar-refractivity contribution in [2.24, 2.45) is 0 Å². The molecule has 1 saturated heterocycles. The van der Waals surface area contributed by atoms with Crippen molar-refractivity contribution in [2.45, 2.75) is 38.8 Å². The molecular weight excluding hydrogens is 509 g/mol. The lowest BCUT2D eigenvalue weighted by Gasteiger charge is -2.31. The summed E-state index contributed by atoms with van der Waals surface area (Å²) in [5.41, 5.74) is 2.36. The normalized spacial score (nSPS) is 14.0. The summed E-state index contributed by atoms with van der Waals surface area (Å²) in [5, 5.41) is 8.29. The summed E-state index contributed by atoms with van der Waals surface area (Å²) in [5.74, 6) is -0.467. The molecule has 1 fully saturated rings. The fraction of sp³-hybridized carbons (Fsp3) is 0.286. The van der Waals surface area contributed by atoms with Crippen molar-refractivity contribution in [3.05, 3.63) is 78.0 Å². The summed E-state index contributed by atoms with van der Waals surface area (Å²) in [6.07, 6.45) is -1.11. The van der Waals surface area contributed by atoms with Crippen LogP contribution in [0.15, 0.2) is 61.3 Å². The molecule has 1 aliphatic rings. The van der Waals surface area contributed by atoms with Crippen molar-refractivity contribution in [1.82, 2.24) is 14.9 Å². The number of halogens is 3. The van der Waals surface area contributed by atoms with Gasteiger partial charge in [0.2, 0.25) is 17.8 Å². The van der Waals surface area contributed by atoms with Crippen molar-refractivity contribution < 1.29 is 22.8 Å². The molecule has 0 atom stereocenters. The zero-order valence-electron chi connectivity index (χ0n) is 21.6. The molecule has 204 valence electrons. The summed E-state index contributed by atoms with van der Waals surface area (Å²) in [4.78, 5) is 33.1. The van der Waals surface area contributed by atoms with E-state index in [4.69, 9.17) is 0 Å². The van der Waals surface area contributed by atoms with Crippen LogP contribution in [-0.2, 0) is 15.8 Å². The van der Waals surface area contributed by atoms with Gasteiger partial charge in [0.1, 0.15) is 11.4 Å². The summed E-state index contributed by atoms with van der Waals surface area (Å²) in [7, 11) is 0. The second-order valence-corrected chi connectivity index (χ2v) is 9.33. The Morgan fingerprint density at radius 1 is 1.08 bits per heavy atom. The zero-order chi connectivity index (χ0) is 28.2. The Kier molecular flexibility index (Phi) is 8.18. The maximum absolute atomic E-state index is 13.7. The van der Waals surface area contributed by atoms with Gasteiger partial charge in [0.25, 0.3) is 0 Å². The topological polar surface area (TPSA) is 99.2 Å². The van der Waals surface area contributed by atoms with E-state index in [1.807, 2.05) is 30.0 Å². The summed E-state index contributed by atoms with van der Waals surface area (Å²) in [6.45, 7) is 8.31. The van der Waals surface area contributed by atoms with Gasteiger partial charge in [-0.2, -0.15) is 18.2 Å². The SMILES string of the molecule is C=CC(=O)Nc1cccc(Nc2nc(Nc3ccc(C4CCN(C(C)=O)CC4)cc3C)ncc2C(F)(F)F)c1. The maximum Gasteiger partial charge on any atom is 0.421 e. The number of rotatable bonds is 7. The largest absolute Gasteiger partial charge is 0.421 e. The molecule has 39 heavy (non-hydrogen) atoms. The third-order valence-corrected chi connectivity index (χ3v) is 6.58. The highest BCUT2D eigenvalue weighted by atomic mass is 19.4.